The third kappa shape index (κ3) is 15.4. The van der Waals surface area contributed by atoms with Gasteiger partial charge in [-0.2, -0.15) is 0 Å². The van der Waals surface area contributed by atoms with E-state index in [0.717, 1.165) is 47.3 Å². The minimum atomic E-state index is 0. The first kappa shape index (κ1) is 39.1. The summed E-state index contributed by atoms with van der Waals surface area (Å²) < 4.78 is 0. The zero-order valence-electron chi connectivity index (χ0n) is 23.5. The maximum absolute atomic E-state index is 2.43. The van der Waals surface area contributed by atoms with Crippen molar-refractivity contribution >= 4 is 0 Å². The van der Waals surface area contributed by atoms with Crippen LogP contribution in [0.3, 0.4) is 0 Å². The molecule has 0 bridgehead atoms. The van der Waals surface area contributed by atoms with Crippen LogP contribution >= 0.6 is 0 Å². The van der Waals surface area contributed by atoms with Crippen LogP contribution in [0.5, 0.6) is 0 Å². The van der Waals surface area contributed by atoms with E-state index < -0.39 is 0 Å². The van der Waals surface area contributed by atoms with Crippen LogP contribution in [0.4, 0.5) is 0 Å². The molecule has 4 fully saturated rings. The average molecular weight is 523 g/mol. The van der Waals surface area contributed by atoms with E-state index in [1.54, 1.807) is 32.1 Å². The highest BCUT2D eigenvalue weighted by atomic mass is 14.3. The van der Waals surface area contributed by atoms with Gasteiger partial charge in [-0.1, -0.05) is 186 Å². The molecule has 0 aromatic carbocycles. The first-order valence-electron chi connectivity index (χ1n) is 16.0. The van der Waals surface area contributed by atoms with Gasteiger partial charge >= 0.3 is 0 Å². The highest BCUT2D eigenvalue weighted by molar-refractivity contribution is 4.77. The van der Waals surface area contributed by atoms with E-state index in [4.69, 9.17) is 0 Å². The van der Waals surface area contributed by atoms with Crippen molar-refractivity contribution in [3.8, 4) is 0 Å². The molecule has 0 aromatic rings. The van der Waals surface area contributed by atoms with E-state index >= 15 is 0 Å². The van der Waals surface area contributed by atoms with Crippen LogP contribution < -0.4 is 0 Å². The fourth-order valence-corrected chi connectivity index (χ4v) is 7.84. The summed E-state index contributed by atoms with van der Waals surface area (Å²) in [5, 5.41) is 0. The topological polar surface area (TPSA) is 0 Å². The monoisotopic (exact) mass is 523 g/mol. The van der Waals surface area contributed by atoms with Crippen molar-refractivity contribution < 1.29 is 0 Å². The molecule has 0 radical (unpaired) electrons. The Kier molecular flexibility index (Phi) is 23.0. The average Bonchev–Trinajstić information content (AvgIpc) is 2.84. The molecule has 0 heteroatoms. The smallest absolute Gasteiger partial charge is 0.0411 e. The Morgan fingerprint density at radius 2 is 0.649 bits per heavy atom. The Morgan fingerprint density at radius 1 is 0.378 bits per heavy atom. The second-order valence-corrected chi connectivity index (χ2v) is 13.8. The van der Waals surface area contributed by atoms with Crippen molar-refractivity contribution in [3.63, 3.8) is 0 Å². The van der Waals surface area contributed by atoms with Crippen LogP contribution in [0.2, 0.25) is 0 Å². The Balaban J connectivity index is 0. The quantitative estimate of drug-likeness (QED) is 0.312. The molecule has 37 heavy (non-hydrogen) atoms. The summed E-state index contributed by atoms with van der Waals surface area (Å²) in [5.41, 5.74) is 0. The molecular weight excluding hydrogens is 444 g/mol. The van der Waals surface area contributed by atoms with Crippen molar-refractivity contribution in [3.05, 3.63) is 0 Å². The Labute approximate surface area is 239 Å². The summed E-state index contributed by atoms with van der Waals surface area (Å²) in [5.74, 6) is 8.51. The SMILES string of the molecule is C.C.C.C.CC1CCC(CC2CCC(C)CC2)CC1.CCC1CCC(CCCC2CCC(C)CC2)CC1. The normalized spacial score (nSPS) is 35.7. The van der Waals surface area contributed by atoms with Gasteiger partial charge in [0.15, 0.2) is 0 Å². The summed E-state index contributed by atoms with van der Waals surface area (Å²) in [6.45, 7) is 9.66. The van der Waals surface area contributed by atoms with Crippen molar-refractivity contribution in [1.82, 2.24) is 0 Å². The third-order valence-electron chi connectivity index (χ3n) is 10.8. The zero-order valence-corrected chi connectivity index (χ0v) is 23.5. The molecule has 0 heterocycles. The van der Waals surface area contributed by atoms with E-state index in [1.165, 1.54) is 103 Å². The van der Waals surface area contributed by atoms with Crippen LogP contribution in [0.25, 0.3) is 0 Å². The van der Waals surface area contributed by atoms with Crippen molar-refractivity contribution in [2.75, 3.05) is 0 Å². The molecule has 0 aliphatic heterocycles. The molecule has 4 rings (SSSR count). The maximum atomic E-state index is 2.43. The molecule has 4 aliphatic carbocycles. The van der Waals surface area contributed by atoms with Crippen LogP contribution in [-0.2, 0) is 0 Å². The van der Waals surface area contributed by atoms with Gasteiger partial charge in [-0.25, -0.2) is 0 Å². The van der Waals surface area contributed by atoms with Crippen LogP contribution in [0.1, 0.15) is 192 Å². The minimum Gasteiger partial charge on any atom is -0.0776 e. The summed E-state index contributed by atoms with van der Waals surface area (Å²) in [6, 6.07) is 0. The van der Waals surface area contributed by atoms with E-state index in [9.17, 15) is 0 Å². The maximum Gasteiger partial charge on any atom is -0.0411 e. The van der Waals surface area contributed by atoms with Gasteiger partial charge in [0.2, 0.25) is 0 Å². The first-order chi connectivity index (χ1) is 16.0. The zero-order chi connectivity index (χ0) is 23.5. The van der Waals surface area contributed by atoms with Crippen molar-refractivity contribution in [2.45, 2.75) is 192 Å². The number of hydrogen-bond acceptors (Lipinski definition) is 0. The molecule has 0 nitrogen and oxygen atoms in total. The lowest BCUT2D eigenvalue weighted by molar-refractivity contribution is 0.201. The van der Waals surface area contributed by atoms with Gasteiger partial charge in [0.25, 0.3) is 0 Å². The molecule has 0 aromatic heterocycles. The second kappa shape index (κ2) is 21.8. The molecule has 0 spiro atoms. The molecule has 226 valence electrons. The Bertz CT molecular complexity index is 442. The highest BCUT2D eigenvalue weighted by Gasteiger charge is 2.25. The molecule has 0 saturated heterocycles. The van der Waals surface area contributed by atoms with E-state index in [0.29, 0.717) is 0 Å². The van der Waals surface area contributed by atoms with E-state index in [1.807, 2.05) is 0 Å². The Morgan fingerprint density at radius 3 is 0.973 bits per heavy atom. The lowest BCUT2D eigenvalue weighted by atomic mass is 9.74. The van der Waals surface area contributed by atoms with Crippen LogP contribution in [0, 0.1) is 47.3 Å². The van der Waals surface area contributed by atoms with E-state index in [-0.39, 0.29) is 29.7 Å². The van der Waals surface area contributed by atoms with Gasteiger partial charge in [0, 0.05) is 0 Å². The molecule has 0 atom stereocenters. The fourth-order valence-electron chi connectivity index (χ4n) is 7.84. The van der Waals surface area contributed by atoms with Crippen molar-refractivity contribution in [2.24, 2.45) is 47.3 Å². The molecular formula is C37H78. The number of rotatable bonds is 7. The van der Waals surface area contributed by atoms with Gasteiger partial charge in [0.1, 0.15) is 0 Å². The molecule has 0 amide bonds. The van der Waals surface area contributed by atoms with E-state index in [2.05, 4.69) is 27.7 Å². The van der Waals surface area contributed by atoms with Crippen LogP contribution in [0.15, 0.2) is 0 Å². The van der Waals surface area contributed by atoms with Crippen LogP contribution in [-0.4, -0.2) is 0 Å². The first-order valence-corrected chi connectivity index (χ1v) is 16.0. The summed E-state index contributed by atoms with van der Waals surface area (Å²) in [7, 11) is 0. The molecule has 0 unspecified atom stereocenters. The van der Waals surface area contributed by atoms with Gasteiger partial charge in [-0.05, 0) is 53.8 Å². The molecule has 4 aliphatic rings. The summed E-state index contributed by atoms with van der Waals surface area (Å²) >= 11 is 0. The lowest BCUT2D eigenvalue weighted by Crippen LogP contribution is -2.19. The largest absolute Gasteiger partial charge is 0.0776 e. The van der Waals surface area contributed by atoms with Gasteiger partial charge in [-0.15, -0.1) is 0 Å². The lowest BCUT2D eigenvalue weighted by Gasteiger charge is -2.32. The predicted octanol–water partition coefficient (Wildman–Crippen LogP) is 13.8. The summed E-state index contributed by atoms with van der Waals surface area (Å²) in [4.78, 5) is 0. The standard InChI is InChI=1S/C18H34.C15H28.4CH4/c1-3-16-11-13-18(14-12-16)6-4-5-17-9-7-15(2)8-10-17;1-12-3-7-14(8-4-12)11-15-9-5-13(2)6-10-15;;;;/h15-18H,3-14H2,1-2H3;12-15H,3-11H2,1-2H3;4*1H4. The fraction of sp³-hybridized carbons (Fsp3) is 1.00. The second-order valence-electron chi connectivity index (χ2n) is 13.8. The predicted molar refractivity (Wildman–Crippen MR) is 174 cm³/mol. The van der Waals surface area contributed by atoms with Gasteiger partial charge < -0.3 is 0 Å². The minimum absolute atomic E-state index is 0. The van der Waals surface area contributed by atoms with Gasteiger partial charge in [0.05, 0.1) is 0 Å². The van der Waals surface area contributed by atoms with Gasteiger partial charge in [-0.3, -0.25) is 0 Å². The summed E-state index contributed by atoms with van der Waals surface area (Å²) in [6.07, 6.45) is 32.0. The number of hydrogen-bond donors (Lipinski definition) is 0. The highest BCUT2D eigenvalue weighted by Crippen LogP contribution is 2.38. The molecule has 4 saturated carbocycles. The third-order valence-corrected chi connectivity index (χ3v) is 10.8. The Hall–Kier alpha value is 0. The van der Waals surface area contributed by atoms with Crippen molar-refractivity contribution in [1.29, 1.82) is 0 Å². The molecule has 0 N–H and O–H groups in total.